The van der Waals surface area contributed by atoms with Gasteiger partial charge >= 0.3 is 5.97 Å². The van der Waals surface area contributed by atoms with Crippen molar-refractivity contribution in [3.63, 3.8) is 0 Å². The lowest BCUT2D eigenvalue weighted by Gasteiger charge is -2.11. The summed E-state index contributed by atoms with van der Waals surface area (Å²) in [4.78, 5) is 11.2. The molecule has 1 unspecified atom stereocenters. The molecule has 0 saturated heterocycles. The first-order valence-electron chi connectivity index (χ1n) is 5.50. The van der Waals surface area contributed by atoms with Crippen LogP contribution < -0.4 is 0 Å². The second-order valence-electron chi connectivity index (χ2n) is 4.10. The van der Waals surface area contributed by atoms with Crippen molar-refractivity contribution in [2.45, 2.75) is 12.8 Å². The quantitative estimate of drug-likeness (QED) is 0.922. The predicted octanol–water partition coefficient (Wildman–Crippen LogP) is 2.92. The lowest BCUT2D eigenvalue weighted by molar-refractivity contribution is -0.141. The first-order chi connectivity index (χ1) is 8.65. The third-order valence-corrected chi connectivity index (χ3v) is 3.24. The summed E-state index contributed by atoms with van der Waals surface area (Å²) in [5.74, 6) is -1.27. The molecule has 0 fully saturated rings. The molecule has 0 aliphatic rings. The predicted molar refractivity (Wildman–Crippen MR) is 69.2 cm³/mol. The minimum absolute atomic E-state index is 0.425. The fourth-order valence-corrected chi connectivity index (χ4v) is 2.03. The van der Waals surface area contributed by atoms with Gasteiger partial charge in [-0.1, -0.05) is 33.2 Å². The molecule has 0 bridgehead atoms. The van der Waals surface area contributed by atoms with E-state index in [0.717, 1.165) is 15.6 Å². The molecule has 0 saturated carbocycles. The highest BCUT2D eigenvalue weighted by atomic mass is 79.9. The topological polar surface area (TPSA) is 63.3 Å². The number of aromatic nitrogens is 1. The minimum atomic E-state index is -0.806. The third kappa shape index (κ3) is 3.43. The van der Waals surface area contributed by atoms with E-state index in [-0.39, 0.29) is 0 Å². The molecule has 94 valence electrons. The molecular formula is C13H12BrNO3. The molecule has 2 aromatic rings. The second-order valence-corrected chi connectivity index (χ2v) is 5.02. The van der Waals surface area contributed by atoms with E-state index in [2.05, 4.69) is 21.1 Å². The van der Waals surface area contributed by atoms with E-state index in [9.17, 15) is 9.90 Å². The van der Waals surface area contributed by atoms with Crippen molar-refractivity contribution in [1.29, 1.82) is 0 Å². The van der Waals surface area contributed by atoms with E-state index in [0.29, 0.717) is 12.8 Å². The Morgan fingerprint density at radius 2 is 1.94 bits per heavy atom. The van der Waals surface area contributed by atoms with E-state index >= 15 is 0 Å². The molecule has 2 rings (SSSR count). The van der Waals surface area contributed by atoms with Gasteiger partial charge in [0.1, 0.15) is 6.26 Å². The first-order valence-corrected chi connectivity index (χ1v) is 6.30. The number of rotatable bonds is 5. The Balaban J connectivity index is 2.06. The van der Waals surface area contributed by atoms with Crippen LogP contribution >= 0.6 is 15.9 Å². The number of carbonyl (C=O) groups is 1. The molecule has 1 aromatic carbocycles. The molecule has 1 atom stereocenters. The summed E-state index contributed by atoms with van der Waals surface area (Å²) >= 11 is 3.35. The van der Waals surface area contributed by atoms with Gasteiger partial charge in [0.25, 0.3) is 0 Å². The van der Waals surface area contributed by atoms with Crippen molar-refractivity contribution >= 4 is 21.9 Å². The summed E-state index contributed by atoms with van der Waals surface area (Å²) in [5, 5.41) is 12.8. The first kappa shape index (κ1) is 12.8. The monoisotopic (exact) mass is 309 g/mol. The number of nitrogens with zero attached hydrogens (tertiary/aromatic N) is 1. The van der Waals surface area contributed by atoms with Crippen molar-refractivity contribution in [1.82, 2.24) is 5.16 Å². The van der Waals surface area contributed by atoms with Crippen molar-refractivity contribution in [2.24, 2.45) is 5.92 Å². The van der Waals surface area contributed by atoms with Crippen molar-refractivity contribution in [3.05, 3.63) is 52.3 Å². The number of hydrogen-bond donors (Lipinski definition) is 1. The van der Waals surface area contributed by atoms with Crippen LogP contribution in [-0.4, -0.2) is 16.2 Å². The number of carboxylic acid groups (broad SMARTS) is 1. The van der Waals surface area contributed by atoms with Crippen LogP contribution in [0.15, 0.2) is 45.7 Å². The van der Waals surface area contributed by atoms with Gasteiger partial charge in [0.2, 0.25) is 0 Å². The Bertz CT molecular complexity index is 508. The Morgan fingerprint density at radius 1 is 1.28 bits per heavy atom. The number of carboxylic acids is 1. The highest BCUT2D eigenvalue weighted by Crippen LogP contribution is 2.17. The van der Waals surface area contributed by atoms with Crippen LogP contribution in [0.1, 0.15) is 11.1 Å². The molecule has 1 heterocycles. The SMILES string of the molecule is O=C(O)C(Cc1ccc(Br)cc1)Cc1cnoc1. The lowest BCUT2D eigenvalue weighted by Crippen LogP contribution is -2.18. The maximum atomic E-state index is 11.2. The summed E-state index contributed by atoms with van der Waals surface area (Å²) in [5.41, 5.74) is 1.81. The maximum absolute atomic E-state index is 11.2. The van der Waals surface area contributed by atoms with E-state index < -0.39 is 11.9 Å². The van der Waals surface area contributed by atoms with Crippen LogP contribution in [0, 0.1) is 5.92 Å². The molecule has 4 nitrogen and oxygen atoms in total. The smallest absolute Gasteiger partial charge is 0.307 e. The zero-order valence-electron chi connectivity index (χ0n) is 9.54. The number of aliphatic carboxylic acids is 1. The average Bonchev–Trinajstić information content (AvgIpc) is 2.84. The minimum Gasteiger partial charge on any atom is -0.481 e. The fraction of sp³-hybridized carbons (Fsp3) is 0.231. The fourth-order valence-electron chi connectivity index (χ4n) is 1.76. The molecule has 18 heavy (non-hydrogen) atoms. The molecular weight excluding hydrogens is 298 g/mol. The lowest BCUT2D eigenvalue weighted by atomic mass is 9.94. The molecule has 0 aliphatic heterocycles. The van der Waals surface area contributed by atoms with Gasteiger partial charge in [-0.2, -0.15) is 0 Å². The Labute approximate surface area is 113 Å². The number of hydrogen-bond acceptors (Lipinski definition) is 3. The molecule has 1 aromatic heterocycles. The van der Waals surface area contributed by atoms with Crippen molar-refractivity contribution in [2.75, 3.05) is 0 Å². The number of benzene rings is 1. The third-order valence-electron chi connectivity index (χ3n) is 2.71. The summed E-state index contributed by atoms with van der Waals surface area (Å²) in [6, 6.07) is 7.67. The van der Waals surface area contributed by atoms with E-state index in [4.69, 9.17) is 4.52 Å². The Hall–Kier alpha value is -1.62. The van der Waals surface area contributed by atoms with Crippen LogP contribution in [0.2, 0.25) is 0 Å². The molecule has 0 spiro atoms. The van der Waals surface area contributed by atoms with Gasteiger partial charge in [-0.3, -0.25) is 4.79 Å². The summed E-state index contributed by atoms with van der Waals surface area (Å²) in [6.45, 7) is 0. The van der Waals surface area contributed by atoms with Crippen LogP contribution in [0.5, 0.6) is 0 Å². The Kier molecular flexibility index (Phi) is 4.15. The number of halogens is 1. The van der Waals surface area contributed by atoms with Gasteiger partial charge < -0.3 is 9.63 Å². The van der Waals surface area contributed by atoms with Gasteiger partial charge in [0.15, 0.2) is 0 Å². The highest BCUT2D eigenvalue weighted by Gasteiger charge is 2.19. The van der Waals surface area contributed by atoms with Gasteiger partial charge in [-0.15, -0.1) is 0 Å². The van der Waals surface area contributed by atoms with Crippen molar-refractivity contribution < 1.29 is 14.4 Å². The molecule has 1 N–H and O–H groups in total. The highest BCUT2D eigenvalue weighted by molar-refractivity contribution is 9.10. The molecule has 0 radical (unpaired) electrons. The molecule has 0 aliphatic carbocycles. The van der Waals surface area contributed by atoms with Crippen molar-refractivity contribution in [3.8, 4) is 0 Å². The summed E-state index contributed by atoms with van der Waals surface area (Å²) < 4.78 is 5.70. The van der Waals surface area contributed by atoms with Crippen LogP contribution in [0.25, 0.3) is 0 Å². The van der Waals surface area contributed by atoms with Crippen LogP contribution in [0.3, 0.4) is 0 Å². The van der Waals surface area contributed by atoms with Crippen LogP contribution in [-0.2, 0) is 17.6 Å². The standard InChI is InChI=1S/C13H12BrNO3/c14-12-3-1-9(2-4-12)5-11(13(16)17)6-10-7-15-18-8-10/h1-4,7-8,11H,5-6H2,(H,16,17). The van der Waals surface area contributed by atoms with E-state index in [1.807, 2.05) is 24.3 Å². The average molecular weight is 310 g/mol. The van der Waals surface area contributed by atoms with Crippen LogP contribution in [0.4, 0.5) is 0 Å². The summed E-state index contributed by atoms with van der Waals surface area (Å²) in [6.07, 6.45) is 3.96. The Morgan fingerprint density at radius 3 is 2.50 bits per heavy atom. The van der Waals surface area contributed by atoms with Gasteiger partial charge in [-0.25, -0.2) is 0 Å². The zero-order chi connectivity index (χ0) is 13.0. The molecule has 5 heteroatoms. The normalized spacial score (nSPS) is 12.3. The van der Waals surface area contributed by atoms with E-state index in [1.165, 1.54) is 6.26 Å². The second kappa shape index (κ2) is 5.82. The largest absolute Gasteiger partial charge is 0.481 e. The molecule has 0 amide bonds. The van der Waals surface area contributed by atoms with Gasteiger partial charge in [0.05, 0.1) is 12.1 Å². The maximum Gasteiger partial charge on any atom is 0.307 e. The van der Waals surface area contributed by atoms with Gasteiger partial charge in [0, 0.05) is 10.0 Å². The summed E-state index contributed by atoms with van der Waals surface area (Å²) in [7, 11) is 0. The zero-order valence-corrected chi connectivity index (χ0v) is 11.1. The van der Waals surface area contributed by atoms with E-state index in [1.54, 1.807) is 6.20 Å². The van der Waals surface area contributed by atoms with Gasteiger partial charge in [-0.05, 0) is 30.5 Å².